The van der Waals surface area contributed by atoms with Crippen LogP contribution in [0.4, 0.5) is 5.69 Å². The first kappa shape index (κ1) is 12.9. The van der Waals surface area contributed by atoms with E-state index in [1.165, 1.54) is 5.56 Å². The number of pyridine rings is 1. The normalized spacial score (nSPS) is 10.2. The van der Waals surface area contributed by atoms with Crippen molar-refractivity contribution >= 4 is 21.6 Å². The second-order valence-corrected chi connectivity index (χ2v) is 4.84. The van der Waals surface area contributed by atoms with Crippen LogP contribution in [0, 0.1) is 6.92 Å². The summed E-state index contributed by atoms with van der Waals surface area (Å²) in [5.41, 5.74) is 3.24. The minimum Gasteiger partial charge on any atom is -0.481 e. The van der Waals surface area contributed by atoms with Gasteiger partial charge in [0.05, 0.1) is 19.3 Å². The number of halogens is 1. The number of anilines is 1. The van der Waals surface area contributed by atoms with E-state index in [-0.39, 0.29) is 0 Å². The van der Waals surface area contributed by atoms with Crippen molar-refractivity contribution in [2.24, 2.45) is 0 Å². The van der Waals surface area contributed by atoms with Gasteiger partial charge in [0, 0.05) is 16.2 Å². The third kappa shape index (κ3) is 3.23. The number of hydrogen-bond donors (Lipinski definition) is 1. The molecular weight excluding hydrogens is 292 g/mol. The number of ether oxygens (including phenoxy) is 1. The molecule has 0 saturated heterocycles. The zero-order valence-electron chi connectivity index (χ0n) is 10.4. The summed E-state index contributed by atoms with van der Waals surface area (Å²) in [6, 6.07) is 11.9. The van der Waals surface area contributed by atoms with Crippen molar-refractivity contribution in [3.63, 3.8) is 0 Å². The summed E-state index contributed by atoms with van der Waals surface area (Å²) in [7, 11) is 1.62. The highest BCUT2D eigenvalue weighted by Gasteiger charge is 2.00. The fourth-order valence-corrected chi connectivity index (χ4v) is 1.86. The molecule has 1 N–H and O–H groups in total. The first-order valence-corrected chi connectivity index (χ1v) is 6.48. The van der Waals surface area contributed by atoms with Gasteiger partial charge in [-0.05, 0) is 36.8 Å². The van der Waals surface area contributed by atoms with E-state index >= 15 is 0 Å². The Morgan fingerprint density at radius 3 is 2.83 bits per heavy atom. The number of rotatable bonds is 4. The van der Waals surface area contributed by atoms with Gasteiger partial charge in [0.25, 0.3) is 0 Å². The summed E-state index contributed by atoms with van der Waals surface area (Å²) in [5.74, 6) is 0.640. The molecule has 18 heavy (non-hydrogen) atoms. The Hall–Kier alpha value is -1.55. The molecule has 3 nitrogen and oxygen atoms in total. The summed E-state index contributed by atoms with van der Waals surface area (Å²) in [5, 5.41) is 3.34. The van der Waals surface area contributed by atoms with Crippen LogP contribution in [0.25, 0.3) is 0 Å². The summed E-state index contributed by atoms with van der Waals surface area (Å²) in [4.78, 5) is 4.35. The minimum atomic E-state index is 0.640. The van der Waals surface area contributed by atoms with E-state index in [4.69, 9.17) is 4.74 Å². The Morgan fingerprint density at radius 1 is 1.28 bits per heavy atom. The largest absolute Gasteiger partial charge is 0.481 e. The van der Waals surface area contributed by atoms with Gasteiger partial charge in [0.1, 0.15) is 0 Å². The van der Waals surface area contributed by atoms with Crippen molar-refractivity contribution in [3.8, 4) is 5.88 Å². The van der Waals surface area contributed by atoms with Crippen LogP contribution in [0.1, 0.15) is 11.3 Å². The van der Waals surface area contributed by atoms with Crippen molar-refractivity contribution in [1.82, 2.24) is 4.98 Å². The third-order valence-corrected chi connectivity index (χ3v) is 3.51. The van der Waals surface area contributed by atoms with Gasteiger partial charge in [-0.3, -0.25) is 0 Å². The number of benzene rings is 1. The molecule has 0 atom stereocenters. The number of nitrogens with zero attached hydrogens (tertiary/aromatic N) is 1. The Morgan fingerprint density at radius 2 is 2.11 bits per heavy atom. The van der Waals surface area contributed by atoms with Gasteiger partial charge >= 0.3 is 0 Å². The summed E-state index contributed by atoms with van der Waals surface area (Å²) < 4.78 is 6.21. The average molecular weight is 307 g/mol. The standard InChI is InChI=1S/C14H15BrN2O/c1-10-8-11(6-7-13(10)15)16-9-12-4-3-5-14(17-12)18-2/h3-8,16H,9H2,1-2H3. The van der Waals surface area contributed by atoms with Crippen LogP contribution in [0.2, 0.25) is 0 Å². The van der Waals surface area contributed by atoms with Crippen molar-refractivity contribution in [2.75, 3.05) is 12.4 Å². The SMILES string of the molecule is COc1cccc(CNc2ccc(Br)c(C)c2)n1. The lowest BCUT2D eigenvalue weighted by atomic mass is 10.2. The smallest absolute Gasteiger partial charge is 0.213 e. The molecule has 0 amide bonds. The molecule has 0 unspecified atom stereocenters. The lowest BCUT2D eigenvalue weighted by Crippen LogP contribution is -2.02. The molecule has 0 saturated carbocycles. The average Bonchev–Trinajstić information content (AvgIpc) is 2.40. The molecule has 94 valence electrons. The molecule has 0 radical (unpaired) electrons. The highest BCUT2D eigenvalue weighted by molar-refractivity contribution is 9.10. The van der Waals surface area contributed by atoms with Crippen LogP contribution in [0.3, 0.4) is 0 Å². The van der Waals surface area contributed by atoms with E-state index in [0.29, 0.717) is 12.4 Å². The lowest BCUT2D eigenvalue weighted by molar-refractivity contribution is 0.396. The fourth-order valence-electron chi connectivity index (χ4n) is 1.62. The minimum absolute atomic E-state index is 0.640. The van der Waals surface area contributed by atoms with Crippen molar-refractivity contribution in [1.29, 1.82) is 0 Å². The molecule has 0 aliphatic rings. The van der Waals surface area contributed by atoms with Gasteiger partial charge in [-0.2, -0.15) is 0 Å². The molecule has 0 aliphatic heterocycles. The maximum Gasteiger partial charge on any atom is 0.213 e. The zero-order chi connectivity index (χ0) is 13.0. The van der Waals surface area contributed by atoms with Crippen molar-refractivity contribution in [2.45, 2.75) is 13.5 Å². The fraction of sp³-hybridized carbons (Fsp3) is 0.214. The van der Waals surface area contributed by atoms with Crippen LogP contribution in [-0.4, -0.2) is 12.1 Å². The van der Waals surface area contributed by atoms with E-state index in [9.17, 15) is 0 Å². The molecule has 2 aromatic rings. The lowest BCUT2D eigenvalue weighted by Gasteiger charge is -2.08. The van der Waals surface area contributed by atoms with Gasteiger partial charge in [0.15, 0.2) is 0 Å². The predicted molar refractivity (Wildman–Crippen MR) is 77.0 cm³/mol. The Kier molecular flexibility index (Phi) is 4.20. The predicted octanol–water partition coefficient (Wildman–Crippen LogP) is 3.77. The Labute approximate surface area is 115 Å². The van der Waals surface area contributed by atoms with E-state index in [2.05, 4.69) is 39.2 Å². The van der Waals surface area contributed by atoms with Gasteiger partial charge in [-0.1, -0.05) is 22.0 Å². The first-order valence-electron chi connectivity index (χ1n) is 5.69. The highest BCUT2D eigenvalue weighted by Crippen LogP contribution is 2.20. The Bertz CT molecular complexity index is 543. The zero-order valence-corrected chi connectivity index (χ0v) is 12.0. The molecule has 0 fully saturated rings. The molecular formula is C14H15BrN2O. The molecule has 1 heterocycles. The van der Waals surface area contributed by atoms with E-state index < -0.39 is 0 Å². The number of nitrogens with one attached hydrogen (secondary N) is 1. The van der Waals surface area contributed by atoms with E-state index in [1.807, 2.05) is 30.3 Å². The number of hydrogen-bond acceptors (Lipinski definition) is 3. The topological polar surface area (TPSA) is 34.1 Å². The number of aryl methyl sites for hydroxylation is 1. The van der Waals surface area contributed by atoms with Gasteiger partial charge < -0.3 is 10.1 Å². The molecule has 0 aliphatic carbocycles. The van der Waals surface area contributed by atoms with Crippen LogP contribution >= 0.6 is 15.9 Å². The molecule has 1 aromatic carbocycles. The third-order valence-electron chi connectivity index (χ3n) is 2.62. The van der Waals surface area contributed by atoms with E-state index in [1.54, 1.807) is 7.11 Å². The molecule has 4 heteroatoms. The Balaban J connectivity index is 2.04. The molecule has 2 rings (SSSR count). The van der Waals surface area contributed by atoms with Crippen molar-refractivity contribution in [3.05, 3.63) is 52.1 Å². The summed E-state index contributed by atoms with van der Waals surface area (Å²) in [6.45, 7) is 2.75. The first-order chi connectivity index (χ1) is 8.69. The summed E-state index contributed by atoms with van der Waals surface area (Å²) in [6.07, 6.45) is 0. The van der Waals surface area contributed by atoms with Gasteiger partial charge in [0.2, 0.25) is 5.88 Å². The number of methoxy groups -OCH3 is 1. The van der Waals surface area contributed by atoms with Crippen LogP contribution < -0.4 is 10.1 Å². The van der Waals surface area contributed by atoms with Crippen LogP contribution in [0.5, 0.6) is 5.88 Å². The second-order valence-electron chi connectivity index (χ2n) is 3.99. The quantitative estimate of drug-likeness (QED) is 0.933. The van der Waals surface area contributed by atoms with Crippen molar-refractivity contribution < 1.29 is 4.74 Å². The number of aromatic nitrogens is 1. The van der Waals surface area contributed by atoms with Gasteiger partial charge in [-0.15, -0.1) is 0 Å². The maximum absolute atomic E-state index is 5.10. The monoisotopic (exact) mass is 306 g/mol. The van der Waals surface area contributed by atoms with Gasteiger partial charge in [-0.25, -0.2) is 4.98 Å². The van der Waals surface area contributed by atoms with Crippen LogP contribution in [-0.2, 0) is 6.54 Å². The summed E-state index contributed by atoms with van der Waals surface area (Å²) >= 11 is 3.49. The maximum atomic E-state index is 5.10. The van der Waals surface area contributed by atoms with Crippen LogP contribution in [0.15, 0.2) is 40.9 Å². The van der Waals surface area contributed by atoms with E-state index in [0.717, 1.165) is 15.9 Å². The molecule has 0 bridgehead atoms. The second kappa shape index (κ2) is 5.87. The molecule has 0 spiro atoms. The highest BCUT2D eigenvalue weighted by atomic mass is 79.9. The molecule has 1 aromatic heterocycles.